The Balaban J connectivity index is 2.07. The predicted molar refractivity (Wildman–Crippen MR) is 55.9 cm³/mol. The first-order chi connectivity index (χ1) is 6.81. The van der Waals surface area contributed by atoms with E-state index in [1.165, 1.54) is 0 Å². The van der Waals surface area contributed by atoms with Gasteiger partial charge < -0.3 is 10.2 Å². The highest BCUT2D eigenvalue weighted by atomic mass is 16.3. The van der Waals surface area contributed by atoms with E-state index < -0.39 is 0 Å². The van der Waals surface area contributed by atoms with E-state index in [2.05, 4.69) is 17.9 Å². The molecule has 14 heavy (non-hydrogen) atoms. The molecule has 1 aromatic heterocycles. The molecule has 78 valence electrons. The summed E-state index contributed by atoms with van der Waals surface area (Å²) in [5.74, 6) is 1.07. The van der Waals surface area contributed by atoms with E-state index >= 15 is 0 Å². The largest absolute Gasteiger partial charge is 0.468 e. The van der Waals surface area contributed by atoms with Crippen molar-refractivity contribution in [2.45, 2.75) is 31.8 Å². The maximum Gasteiger partial charge on any atom is 0.120 e. The highest BCUT2D eigenvalue weighted by Gasteiger charge is 2.27. The third-order valence-electron chi connectivity index (χ3n) is 2.96. The molecular weight excluding hydrogens is 176 g/mol. The van der Waals surface area contributed by atoms with Crippen LogP contribution in [-0.4, -0.2) is 24.0 Å². The molecule has 3 nitrogen and oxygen atoms in total. The van der Waals surface area contributed by atoms with Gasteiger partial charge in [-0.05, 0) is 25.0 Å². The van der Waals surface area contributed by atoms with E-state index in [9.17, 15) is 0 Å². The van der Waals surface area contributed by atoms with E-state index in [-0.39, 0.29) is 0 Å². The third kappa shape index (κ3) is 1.83. The summed E-state index contributed by atoms with van der Waals surface area (Å²) in [7, 11) is 0. The highest BCUT2D eigenvalue weighted by Crippen LogP contribution is 2.27. The second kappa shape index (κ2) is 4.15. The molecule has 1 fully saturated rings. The smallest absolute Gasteiger partial charge is 0.120 e. The number of nitrogens with zero attached hydrogens (tertiary/aromatic N) is 1. The van der Waals surface area contributed by atoms with Gasteiger partial charge in [0.1, 0.15) is 5.76 Å². The molecule has 2 N–H and O–H groups in total. The molecule has 1 saturated heterocycles. The van der Waals surface area contributed by atoms with Crippen LogP contribution in [0.5, 0.6) is 0 Å². The second-order valence-corrected chi connectivity index (χ2v) is 3.98. The minimum atomic E-state index is 0.346. The second-order valence-electron chi connectivity index (χ2n) is 3.98. The Labute approximate surface area is 84.9 Å². The molecule has 2 heterocycles. The SMILES string of the molecule is CCC(c1ccco1)N1CCC(N)C1. The summed E-state index contributed by atoms with van der Waals surface area (Å²) in [5, 5.41) is 0. The molecule has 1 aliphatic heterocycles. The molecule has 0 aliphatic carbocycles. The summed E-state index contributed by atoms with van der Waals surface area (Å²) < 4.78 is 5.45. The van der Waals surface area contributed by atoms with Crippen LogP contribution in [0.2, 0.25) is 0 Å². The standard InChI is InChI=1S/C11H18N2O/c1-2-10(11-4-3-7-14-11)13-6-5-9(12)8-13/h3-4,7,9-10H,2,5-6,8,12H2,1H3. The first-order valence-corrected chi connectivity index (χ1v) is 5.34. The lowest BCUT2D eigenvalue weighted by Gasteiger charge is -2.24. The molecule has 0 spiro atoms. The van der Waals surface area contributed by atoms with E-state index in [0.717, 1.165) is 31.7 Å². The lowest BCUT2D eigenvalue weighted by atomic mass is 10.1. The average Bonchev–Trinajstić information content (AvgIpc) is 2.79. The molecule has 0 amide bonds. The number of rotatable bonds is 3. The minimum Gasteiger partial charge on any atom is -0.468 e. The molecule has 0 radical (unpaired) electrons. The van der Waals surface area contributed by atoms with Crippen molar-refractivity contribution in [2.75, 3.05) is 13.1 Å². The van der Waals surface area contributed by atoms with Gasteiger partial charge in [0.05, 0.1) is 12.3 Å². The van der Waals surface area contributed by atoms with Gasteiger partial charge >= 0.3 is 0 Å². The number of likely N-dealkylation sites (tertiary alicyclic amines) is 1. The number of hydrogen-bond acceptors (Lipinski definition) is 3. The summed E-state index contributed by atoms with van der Waals surface area (Å²) in [5.41, 5.74) is 5.90. The summed E-state index contributed by atoms with van der Waals surface area (Å²) in [6.45, 7) is 4.29. The van der Waals surface area contributed by atoms with Crippen LogP contribution >= 0.6 is 0 Å². The maximum absolute atomic E-state index is 5.90. The van der Waals surface area contributed by atoms with E-state index in [1.807, 2.05) is 6.07 Å². The molecule has 2 rings (SSSR count). The number of hydrogen-bond donors (Lipinski definition) is 1. The normalized spacial score (nSPS) is 25.4. The molecule has 0 aromatic carbocycles. The lowest BCUT2D eigenvalue weighted by Crippen LogP contribution is -2.29. The Bertz CT molecular complexity index is 271. The third-order valence-corrected chi connectivity index (χ3v) is 2.96. The molecule has 2 atom stereocenters. The van der Waals surface area contributed by atoms with Crippen LogP contribution in [0.25, 0.3) is 0 Å². The topological polar surface area (TPSA) is 42.4 Å². The quantitative estimate of drug-likeness (QED) is 0.797. The van der Waals surface area contributed by atoms with Crippen LogP contribution in [-0.2, 0) is 0 Å². The van der Waals surface area contributed by atoms with Crippen molar-refractivity contribution in [3.05, 3.63) is 24.2 Å². The molecule has 0 saturated carbocycles. The fourth-order valence-electron chi connectivity index (χ4n) is 2.22. The molecular formula is C11H18N2O. The van der Waals surface area contributed by atoms with Gasteiger partial charge in [0, 0.05) is 19.1 Å². The number of nitrogens with two attached hydrogens (primary N) is 1. The molecule has 0 bridgehead atoms. The van der Waals surface area contributed by atoms with Gasteiger partial charge in [-0.1, -0.05) is 6.92 Å². The van der Waals surface area contributed by atoms with Crippen LogP contribution in [0.15, 0.2) is 22.8 Å². The van der Waals surface area contributed by atoms with Gasteiger partial charge in [0.25, 0.3) is 0 Å². The van der Waals surface area contributed by atoms with E-state index in [4.69, 9.17) is 10.2 Å². The van der Waals surface area contributed by atoms with Gasteiger partial charge in [0.15, 0.2) is 0 Å². The predicted octanol–water partition coefficient (Wildman–Crippen LogP) is 1.76. The molecule has 1 aliphatic rings. The van der Waals surface area contributed by atoms with Crippen molar-refractivity contribution in [1.82, 2.24) is 4.90 Å². The van der Waals surface area contributed by atoms with Crippen LogP contribution < -0.4 is 5.73 Å². The highest BCUT2D eigenvalue weighted by molar-refractivity contribution is 5.05. The van der Waals surface area contributed by atoms with Gasteiger partial charge in [0.2, 0.25) is 0 Å². The van der Waals surface area contributed by atoms with E-state index in [1.54, 1.807) is 6.26 Å². The molecule has 2 unspecified atom stereocenters. The minimum absolute atomic E-state index is 0.346. The summed E-state index contributed by atoms with van der Waals surface area (Å²) >= 11 is 0. The Morgan fingerprint density at radius 1 is 1.71 bits per heavy atom. The molecule has 1 aromatic rings. The zero-order chi connectivity index (χ0) is 9.97. The zero-order valence-electron chi connectivity index (χ0n) is 8.65. The zero-order valence-corrected chi connectivity index (χ0v) is 8.65. The van der Waals surface area contributed by atoms with Crippen molar-refractivity contribution in [1.29, 1.82) is 0 Å². The van der Waals surface area contributed by atoms with Crippen LogP contribution in [0.1, 0.15) is 31.6 Å². The summed E-state index contributed by atoms with van der Waals surface area (Å²) in [6, 6.07) is 4.77. The van der Waals surface area contributed by atoms with Crippen LogP contribution in [0, 0.1) is 0 Å². The summed E-state index contributed by atoms with van der Waals surface area (Å²) in [4.78, 5) is 2.42. The number of furan rings is 1. The van der Waals surface area contributed by atoms with Gasteiger partial charge in [-0.15, -0.1) is 0 Å². The Morgan fingerprint density at radius 2 is 2.57 bits per heavy atom. The van der Waals surface area contributed by atoms with Gasteiger partial charge in [-0.2, -0.15) is 0 Å². The summed E-state index contributed by atoms with van der Waals surface area (Å²) in [6.07, 6.45) is 3.94. The Morgan fingerprint density at radius 3 is 3.07 bits per heavy atom. The van der Waals surface area contributed by atoms with Crippen molar-refractivity contribution in [3.8, 4) is 0 Å². The Hall–Kier alpha value is -0.800. The fourth-order valence-corrected chi connectivity index (χ4v) is 2.22. The van der Waals surface area contributed by atoms with Crippen molar-refractivity contribution in [3.63, 3.8) is 0 Å². The fraction of sp³-hybridized carbons (Fsp3) is 0.636. The van der Waals surface area contributed by atoms with Gasteiger partial charge in [-0.3, -0.25) is 4.90 Å². The Kier molecular flexibility index (Phi) is 2.89. The average molecular weight is 194 g/mol. The molecule has 3 heteroatoms. The van der Waals surface area contributed by atoms with Crippen LogP contribution in [0.3, 0.4) is 0 Å². The van der Waals surface area contributed by atoms with Crippen molar-refractivity contribution < 1.29 is 4.42 Å². The first-order valence-electron chi connectivity index (χ1n) is 5.34. The van der Waals surface area contributed by atoms with Crippen LogP contribution in [0.4, 0.5) is 0 Å². The maximum atomic E-state index is 5.90. The monoisotopic (exact) mass is 194 g/mol. The first kappa shape index (κ1) is 9.74. The van der Waals surface area contributed by atoms with Gasteiger partial charge in [-0.25, -0.2) is 0 Å². The van der Waals surface area contributed by atoms with E-state index in [0.29, 0.717) is 12.1 Å². The van der Waals surface area contributed by atoms with Crippen molar-refractivity contribution >= 4 is 0 Å². The van der Waals surface area contributed by atoms with Crippen molar-refractivity contribution in [2.24, 2.45) is 5.73 Å². The lowest BCUT2D eigenvalue weighted by molar-refractivity contribution is 0.207.